The van der Waals surface area contributed by atoms with Gasteiger partial charge in [-0.3, -0.25) is 0 Å². The SMILES string of the molecule is CC(C)c1cccc(NC(C)C2CCCCC2)c1. The van der Waals surface area contributed by atoms with Crippen LogP contribution in [-0.2, 0) is 0 Å². The molecule has 0 bridgehead atoms. The average Bonchev–Trinajstić information content (AvgIpc) is 2.40. The maximum atomic E-state index is 3.71. The fourth-order valence-electron chi connectivity index (χ4n) is 3.00. The molecule has 1 aliphatic rings. The van der Waals surface area contributed by atoms with Gasteiger partial charge in [-0.25, -0.2) is 0 Å². The first-order valence-corrected chi connectivity index (χ1v) is 7.53. The Kier molecular flexibility index (Phi) is 4.68. The van der Waals surface area contributed by atoms with Gasteiger partial charge in [-0.15, -0.1) is 0 Å². The number of hydrogen-bond acceptors (Lipinski definition) is 1. The number of anilines is 1. The monoisotopic (exact) mass is 245 g/mol. The van der Waals surface area contributed by atoms with E-state index in [-0.39, 0.29) is 0 Å². The fourth-order valence-corrected chi connectivity index (χ4v) is 3.00. The van der Waals surface area contributed by atoms with Crippen LogP contribution in [0.15, 0.2) is 24.3 Å². The van der Waals surface area contributed by atoms with Gasteiger partial charge < -0.3 is 5.32 Å². The van der Waals surface area contributed by atoms with Gasteiger partial charge in [0.25, 0.3) is 0 Å². The van der Waals surface area contributed by atoms with E-state index in [9.17, 15) is 0 Å². The fraction of sp³-hybridized carbons (Fsp3) is 0.647. The van der Waals surface area contributed by atoms with Gasteiger partial charge in [-0.05, 0) is 49.3 Å². The lowest BCUT2D eigenvalue weighted by molar-refractivity contribution is 0.328. The highest BCUT2D eigenvalue weighted by Crippen LogP contribution is 2.28. The molecule has 1 aliphatic carbocycles. The molecular weight excluding hydrogens is 218 g/mol. The van der Waals surface area contributed by atoms with Crippen molar-refractivity contribution < 1.29 is 0 Å². The van der Waals surface area contributed by atoms with Gasteiger partial charge in [0, 0.05) is 11.7 Å². The molecule has 1 nitrogen and oxygen atoms in total. The van der Waals surface area contributed by atoms with Crippen LogP contribution in [-0.4, -0.2) is 6.04 Å². The van der Waals surface area contributed by atoms with Gasteiger partial charge in [-0.2, -0.15) is 0 Å². The van der Waals surface area contributed by atoms with Crippen LogP contribution in [0.2, 0.25) is 0 Å². The summed E-state index contributed by atoms with van der Waals surface area (Å²) in [5.74, 6) is 1.47. The van der Waals surface area contributed by atoms with Crippen LogP contribution in [0.4, 0.5) is 5.69 Å². The molecule has 2 rings (SSSR count). The Bertz CT molecular complexity index is 364. The van der Waals surface area contributed by atoms with Crippen molar-refractivity contribution in [3.63, 3.8) is 0 Å². The van der Waals surface area contributed by atoms with Crippen molar-refractivity contribution in [3.05, 3.63) is 29.8 Å². The van der Waals surface area contributed by atoms with E-state index >= 15 is 0 Å². The zero-order chi connectivity index (χ0) is 13.0. The molecule has 0 radical (unpaired) electrons. The lowest BCUT2D eigenvalue weighted by Gasteiger charge is -2.29. The van der Waals surface area contributed by atoms with Crippen molar-refractivity contribution in [1.82, 2.24) is 0 Å². The molecule has 1 aromatic rings. The molecule has 1 aromatic carbocycles. The molecule has 1 heteroatoms. The smallest absolute Gasteiger partial charge is 0.0345 e. The molecule has 1 N–H and O–H groups in total. The lowest BCUT2D eigenvalue weighted by atomic mass is 9.84. The van der Waals surface area contributed by atoms with Crippen molar-refractivity contribution in [2.45, 2.75) is 64.8 Å². The van der Waals surface area contributed by atoms with Crippen molar-refractivity contribution in [3.8, 4) is 0 Å². The van der Waals surface area contributed by atoms with E-state index in [0.29, 0.717) is 12.0 Å². The van der Waals surface area contributed by atoms with Crippen LogP contribution in [0.1, 0.15) is 64.4 Å². The molecule has 0 heterocycles. The molecule has 1 atom stereocenters. The molecule has 0 aromatic heterocycles. The first-order chi connectivity index (χ1) is 8.66. The molecule has 0 spiro atoms. The number of hydrogen-bond donors (Lipinski definition) is 1. The third-order valence-electron chi connectivity index (χ3n) is 4.30. The minimum atomic E-state index is 0.604. The summed E-state index contributed by atoms with van der Waals surface area (Å²) in [6, 6.07) is 9.51. The second-order valence-electron chi connectivity index (χ2n) is 6.11. The largest absolute Gasteiger partial charge is 0.382 e. The standard InChI is InChI=1S/C17H27N/c1-13(2)16-10-7-11-17(12-16)18-14(3)15-8-5-4-6-9-15/h7,10-15,18H,4-6,8-9H2,1-3H3. The van der Waals surface area contributed by atoms with E-state index in [4.69, 9.17) is 0 Å². The summed E-state index contributed by atoms with van der Waals surface area (Å²) < 4.78 is 0. The van der Waals surface area contributed by atoms with Crippen LogP contribution >= 0.6 is 0 Å². The molecule has 1 saturated carbocycles. The molecule has 1 fully saturated rings. The summed E-state index contributed by atoms with van der Waals surface area (Å²) in [6.07, 6.45) is 7.08. The van der Waals surface area contributed by atoms with Crippen molar-refractivity contribution in [2.75, 3.05) is 5.32 Å². The highest BCUT2D eigenvalue weighted by atomic mass is 14.9. The topological polar surface area (TPSA) is 12.0 Å². The maximum absolute atomic E-state index is 3.71. The van der Waals surface area contributed by atoms with Gasteiger partial charge in [0.15, 0.2) is 0 Å². The molecule has 0 saturated heterocycles. The Morgan fingerprint density at radius 3 is 2.44 bits per heavy atom. The quantitative estimate of drug-likeness (QED) is 0.769. The maximum Gasteiger partial charge on any atom is 0.0345 e. The van der Waals surface area contributed by atoms with Crippen LogP contribution in [0.5, 0.6) is 0 Å². The molecule has 1 unspecified atom stereocenters. The number of rotatable bonds is 4. The first-order valence-electron chi connectivity index (χ1n) is 7.53. The summed E-state index contributed by atoms with van der Waals surface area (Å²) in [4.78, 5) is 0. The molecule has 18 heavy (non-hydrogen) atoms. The van der Waals surface area contributed by atoms with Crippen molar-refractivity contribution >= 4 is 5.69 Å². The average molecular weight is 245 g/mol. The Labute approximate surface area is 112 Å². The van der Waals surface area contributed by atoms with Crippen LogP contribution in [0, 0.1) is 5.92 Å². The van der Waals surface area contributed by atoms with Gasteiger partial charge in [0.1, 0.15) is 0 Å². The minimum absolute atomic E-state index is 0.604. The summed E-state index contributed by atoms with van der Waals surface area (Å²) in [6.45, 7) is 6.85. The van der Waals surface area contributed by atoms with E-state index in [2.05, 4.69) is 50.4 Å². The first kappa shape index (κ1) is 13.5. The Hall–Kier alpha value is -0.980. The molecule has 0 amide bonds. The van der Waals surface area contributed by atoms with Gasteiger partial charge in [0.2, 0.25) is 0 Å². The van der Waals surface area contributed by atoms with E-state index in [1.54, 1.807) is 0 Å². The predicted molar refractivity (Wildman–Crippen MR) is 80.2 cm³/mol. The van der Waals surface area contributed by atoms with Crippen LogP contribution < -0.4 is 5.32 Å². The lowest BCUT2D eigenvalue weighted by Crippen LogP contribution is -2.27. The van der Waals surface area contributed by atoms with E-state index in [0.717, 1.165) is 5.92 Å². The summed E-state index contributed by atoms with van der Waals surface area (Å²) in [7, 11) is 0. The Balaban J connectivity index is 1.97. The highest BCUT2D eigenvalue weighted by molar-refractivity contribution is 5.47. The van der Waals surface area contributed by atoms with Gasteiger partial charge >= 0.3 is 0 Å². The van der Waals surface area contributed by atoms with E-state index < -0.39 is 0 Å². The number of nitrogens with one attached hydrogen (secondary N) is 1. The zero-order valence-electron chi connectivity index (χ0n) is 12.1. The molecular formula is C17H27N. The normalized spacial score (nSPS) is 18.9. The van der Waals surface area contributed by atoms with E-state index in [1.165, 1.54) is 43.4 Å². The van der Waals surface area contributed by atoms with Crippen molar-refractivity contribution in [2.24, 2.45) is 5.92 Å². The summed E-state index contributed by atoms with van der Waals surface area (Å²) >= 11 is 0. The third kappa shape index (κ3) is 3.51. The zero-order valence-corrected chi connectivity index (χ0v) is 12.1. The van der Waals surface area contributed by atoms with Crippen molar-refractivity contribution in [1.29, 1.82) is 0 Å². The molecule has 0 aliphatic heterocycles. The van der Waals surface area contributed by atoms with Crippen LogP contribution in [0.3, 0.4) is 0 Å². The summed E-state index contributed by atoms with van der Waals surface area (Å²) in [5, 5.41) is 3.71. The predicted octanol–water partition coefficient (Wildman–Crippen LogP) is 5.19. The minimum Gasteiger partial charge on any atom is -0.382 e. The van der Waals surface area contributed by atoms with E-state index in [1.807, 2.05) is 0 Å². The Morgan fingerprint density at radius 1 is 1.06 bits per heavy atom. The van der Waals surface area contributed by atoms with Crippen LogP contribution in [0.25, 0.3) is 0 Å². The highest BCUT2D eigenvalue weighted by Gasteiger charge is 2.19. The Morgan fingerprint density at radius 2 is 1.78 bits per heavy atom. The second kappa shape index (κ2) is 6.26. The summed E-state index contributed by atoms with van der Waals surface area (Å²) in [5.41, 5.74) is 2.72. The third-order valence-corrected chi connectivity index (χ3v) is 4.30. The van der Waals surface area contributed by atoms with Gasteiger partial charge in [0.05, 0.1) is 0 Å². The van der Waals surface area contributed by atoms with Gasteiger partial charge in [-0.1, -0.05) is 45.2 Å². The number of benzene rings is 1. The second-order valence-corrected chi connectivity index (χ2v) is 6.11. The molecule has 100 valence electrons.